The van der Waals surface area contributed by atoms with E-state index in [9.17, 15) is 39.6 Å². The lowest BCUT2D eigenvalue weighted by Crippen LogP contribution is -2.24. The quantitative estimate of drug-likeness (QED) is 0.0721. The van der Waals surface area contributed by atoms with Crippen LogP contribution in [-0.2, 0) is 41.4 Å². The molecule has 0 bridgehead atoms. The van der Waals surface area contributed by atoms with Gasteiger partial charge in [0.05, 0.1) is 50.4 Å². The van der Waals surface area contributed by atoms with E-state index in [0.29, 0.717) is 61.2 Å². The Morgan fingerprint density at radius 3 is 1.03 bits per heavy atom. The predicted molar refractivity (Wildman–Crippen MR) is 213 cm³/mol. The van der Waals surface area contributed by atoms with Crippen LogP contribution in [0.15, 0.2) is 97.1 Å². The van der Waals surface area contributed by atoms with Gasteiger partial charge in [0.25, 0.3) is 0 Å². The SMILES string of the molecule is O=C(Cc1ccc(O)cc1)OCC1CCC(COC(=O)Cc2ccc(O)cc2)CC1.O=C(OCC1CCC(COC(=O)c2cccc(O)c2)CC1)c1cccc(O)c1. The van der Waals surface area contributed by atoms with Crippen molar-refractivity contribution in [2.75, 3.05) is 26.4 Å². The Bertz CT molecular complexity index is 1780. The van der Waals surface area contributed by atoms with Crippen LogP contribution >= 0.6 is 0 Å². The normalized spacial score (nSPS) is 18.8. The summed E-state index contributed by atoms with van der Waals surface area (Å²) < 4.78 is 21.6. The van der Waals surface area contributed by atoms with Gasteiger partial charge in [-0.3, -0.25) is 9.59 Å². The zero-order valence-corrected chi connectivity index (χ0v) is 32.5. The van der Waals surface area contributed by atoms with Crippen LogP contribution in [-0.4, -0.2) is 70.7 Å². The van der Waals surface area contributed by atoms with Crippen molar-refractivity contribution in [1.29, 1.82) is 0 Å². The smallest absolute Gasteiger partial charge is 0.338 e. The number of ether oxygens (including phenoxy) is 4. The molecule has 0 heterocycles. The summed E-state index contributed by atoms with van der Waals surface area (Å²) in [6.07, 6.45) is 7.82. The Morgan fingerprint density at radius 2 is 0.724 bits per heavy atom. The van der Waals surface area contributed by atoms with E-state index in [1.54, 1.807) is 72.8 Å². The van der Waals surface area contributed by atoms with E-state index in [-0.39, 0.29) is 47.8 Å². The van der Waals surface area contributed by atoms with Crippen molar-refractivity contribution in [3.05, 3.63) is 119 Å². The molecule has 2 fully saturated rings. The number of hydrogen-bond acceptors (Lipinski definition) is 12. The van der Waals surface area contributed by atoms with Crippen molar-refractivity contribution >= 4 is 23.9 Å². The van der Waals surface area contributed by atoms with Crippen LogP contribution in [0.3, 0.4) is 0 Å². The van der Waals surface area contributed by atoms with Crippen LogP contribution in [0.5, 0.6) is 23.0 Å². The fraction of sp³-hybridized carbons (Fsp3) is 0.391. The first-order valence-corrected chi connectivity index (χ1v) is 19.8. The number of esters is 4. The molecule has 6 rings (SSSR count). The number of phenols is 4. The molecule has 0 unspecified atom stereocenters. The minimum atomic E-state index is -0.432. The van der Waals surface area contributed by atoms with Gasteiger partial charge in [-0.15, -0.1) is 0 Å². The number of hydrogen-bond donors (Lipinski definition) is 4. The Labute approximate surface area is 338 Å². The van der Waals surface area contributed by atoms with Gasteiger partial charge < -0.3 is 39.4 Å². The molecule has 58 heavy (non-hydrogen) atoms. The van der Waals surface area contributed by atoms with Crippen molar-refractivity contribution in [3.8, 4) is 23.0 Å². The third kappa shape index (κ3) is 14.8. The number of benzene rings is 4. The summed E-state index contributed by atoms with van der Waals surface area (Å²) in [6.45, 7) is 1.54. The molecule has 0 amide bonds. The third-order valence-electron chi connectivity index (χ3n) is 10.5. The van der Waals surface area contributed by atoms with Gasteiger partial charge in [-0.1, -0.05) is 36.4 Å². The molecule has 0 radical (unpaired) electrons. The van der Waals surface area contributed by atoms with Crippen LogP contribution in [0.2, 0.25) is 0 Å². The maximum atomic E-state index is 12.0. The Kier molecular flexibility index (Phi) is 16.4. The molecule has 0 aromatic heterocycles. The van der Waals surface area contributed by atoms with Gasteiger partial charge >= 0.3 is 23.9 Å². The molecule has 0 spiro atoms. The fourth-order valence-electron chi connectivity index (χ4n) is 7.03. The topological polar surface area (TPSA) is 186 Å². The van der Waals surface area contributed by atoms with Crippen LogP contribution in [0.4, 0.5) is 0 Å². The summed E-state index contributed by atoms with van der Waals surface area (Å²) in [6, 6.07) is 25.3. The summed E-state index contributed by atoms with van der Waals surface area (Å²) in [5, 5.41) is 37.4. The van der Waals surface area contributed by atoms with Crippen molar-refractivity contribution in [3.63, 3.8) is 0 Å². The molecule has 4 aromatic carbocycles. The van der Waals surface area contributed by atoms with Gasteiger partial charge in [0.2, 0.25) is 0 Å². The molecule has 0 atom stereocenters. The number of rotatable bonds is 14. The molecule has 12 heteroatoms. The highest BCUT2D eigenvalue weighted by Gasteiger charge is 2.25. The minimum Gasteiger partial charge on any atom is -0.508 e. The maximum Gasteiger partial charge on any atom is 0.338 e. The Morgan fingerprint density at radius 1 is 0.414 bits per heavy atom. The molecular weight excluding hydrogens is 744 g/mol. The van der Waals surface area contributed by atoms with Crippen molar-refractivity contribution < 1.29 is 58.6 Å². The molecule has 2 saturated carbocycles. The highest BCUT2D eigenvalue weighted by Crippen LogP contribution is 2.31. The summed E-state index contributed by atoms with van der Waals surface area (Å²) in [7, 11) is 0. The van der Waals surface area contributed by atoms with E-state index in [1.807, 2.05) is 0 Å². The maximum absolute atomic E-state index is 12.0. The molecule has 0 aliphatic heterocycles. The first-order valence-electron chi connectivity index (χ1n) is 19.8. The lowest BCUT2D eigenvalue weighted by Gasteiger charge is -2.27. The molecule has 4 aromatic rings. The zero-order valence-electron chi connectivity index (χ0n) is 32.5. The second kappa shape index (κ2) is 22.0. The van der Waals surface area contributed by atoms with Crippen molar-refractivity contribution in [2.24, 2.45) is 23.7 Å². The lowest BCUT2D eigenvalue weighted by atomic mass is 9.83. The highest BCUT2D eigenvalue weighted by atomic mass is 16.5. The molecule has 2 aliphatic rings. The Balaban J connectivity index is 0.000000221. The molecule has 12 nitrogen and oxygen atoms in total. The van der Waals surface area contributed by atoms with Crippen molar-refractivity contribution in [1.82, 2.24) is 0 Å². The van der Waals surface area contributed by atoms with Crippen molar-refractivity contribution in [2.45, 2.75) is 64.2 Å². The summed E-state index contributed by atoms with van der Waals surface area (Å²) >= 11 is 0. The second-order valence-electron chi connectivity index (χ2n) is 15.1. The third-order valence-corrected chi connectivity index (χ3v) is 10.5. The first kappa shape index (κ1) is 43.1. The van der Waals surface area contributed by atoms with Gasteiger partial charge in [0, 0.05) is 0 Å². The largest absolute Gasteiger partial charge is 0.508 e. The average molecular weight is 797 g/mol. The van der Waals surface area contributed by atoms with E-state index in [2.05, 4.69) is 0 Å². The molecule has 2 aliphatic carbocycles. The monoisotopic (exact) mass is 796 g/mol. The van der Waals surface area contributed by atoms with Gasteiger partial charge in [-0.05, 0) is 147 Å². The van der Waals surface area contributed by atoms with E-state index in [0.717, 1.165) is 62.5 Å². The fourth-order valence-corrected chi connectivity index (χ4v) is 7.03. The first-order chi connectivity index (χ1) is 28.0. The van der Waals surface area contributed by atoms with Gasteiger partial charge in [0.15, 0.2) is 0 Å². The molecule has 308 valence electrons. The standard InChI is InChI=1S/C24H28O6.C22H24O6/c25-21-9-5-17(6-10-21)13-23(27)29-15-19-1-2-20(4-3-19)16-30-24(28)14-18-7-11-22(26)12-8-18;23-19-5-1-3-17(11-19)21(25)27-13-15-7-9-16(10-8-15)14-28-22(26)18-4-2-6-20(24)12-18/h5-12,19-20,25-26H,1-4,13-16H2;1-6,11-12,15-16,23-24H,7-10,13-14H2. The molecule has 0 saturated heterocycles. The van der Waals surface area contributed by atoms with Crippen LogP contribution in [0, 0.1) is 23.7 Å². The number of aromatic hydroxyl groups is 4. The van der Waals surface area contributed by atoms with Gasteiger partial charge in [-0.25, -0.2) is 9.59 Å². The second-order valence-corrected chi connectivity index (χ2v) is 15.1. The lowest BCUT2D eigenvalue weighted by molar-refractivity contribution is -0.146. The van der Waals surface area contributed by atoms with E-state index in [4.69, 9.17) is 18.9 Å². The van der Waals surface area contributed by atoms with Crippen LogP contribution in [0.25, 0.3) is 0 Å². The van der Waals surface area contributed by atoms with Gasteiger partial charge in [0.1, 0.15) is 23.0 Å². The summed E-state index contributed by atoms with van der Waals surface area (Å²) in [5.41, 5.74) is 2.31. The predicted octanol–water partition coefficient (Wildman–Crippen LogP) is 7.69. The minimum absolute atomic E-state index is 0.0372. The number of carbonyl (C=O) groups excluding carboxylic acids is 4. The number of carbonyl (C=O) groups is 4. The average Bonchev–Trinajstić information content (AvgIpc) is 3.23. The van der Waals surface area contributed by atoms with Crippen LogP contribution in [0.1, 0.15) is 83.2 Å². The molecular formula is C46H52O12. The van der Waals surface area contributed by atoms with E-state index < -0.39 is 11.9 Å². The number of phenolic OH excluding ortho intramolecular Hbond substituents is 4. The van der Waals surface area contributed by atoms with Crippen LogP contribution < -0.4 is 0 Å². The summed E-state index contributed by atoms with van der Waals surface area (Å²) in [4.78, 5) is 48.1. The van der Waals surface area contributed by atoms with E-state index in [1.165, 1.54) is 24.3 Å². The summed E-state index contributed by atoms with van der Waals surface area (Å²) in [5.74, 6) is 0.317. The van der Waals surface area contributed by atoms with E-state index >= 15 is 0 Å². The molecule has 4 N–H and O–H groups in total. The zero-order chi connectivity index (χ0) is 41.3. The highest BCUT2D eigenvalue weighted by molar-refractivity contribution is 5.90. The van der Waals surface area contributed by atoms with Gasteiger partial charge in [-0.2, -0.15) is 0 Å². The Hall–Kier alpha value is -6.04.